The van der Waals surface area contributed by atoms with Gasteiger partial charge in [0.25, 0.3) is 5.91 Å². The molecular formula is C19H20N2O4. The highest BCUT2D eigenvalue weighted by Crippen LogP contribution is 2.17. The van der Waals surface area contributed by atoms with Crippen molar-refractivity contribution in [3.63, 3.8) is 0 Å². The highest BCUT2D eigenvalue weighted by Gasteiger charge is 2.15. The molecule has 2 amide bonds. The van der Waals surface area contributed by atoms with Crippen molar-refractivity contribution in [2.45, 2.75) is 26.9 Å². The summed E-state index contributed by atoms with van der Waals surface area (Å²) in [5.74, 6) is 0.0197. The number of ether oxygens (including phenoxy) is 1. The molecule has 0 bridgehead atoms. The third-order valence-electron chi connectivity index (χ3n) is 3.42. The molecular weight excluding hydrogens is 320 g/mol. The fraction of sp³-hybridized carbons (Fsp3) is 0.211. The maximum absolute atomic E-state index is 12.2. The van der Waals surface area contributed by atoms with Crippen molar-refractivity contribution in [1.29, 1.82) is 0 Å². The first-order valence-corrected chi connectivity index (χ1v) is 7.81. The highest BCUT2D eigenvalue weighted by molar-refractivity contribution is 5.95. The Bertz CT molecular complexity index is 767. The van der Waals surface area contributed by atoms with Crippen LogP contribution in [-0.4, -0.2) is 23.7 Å². The number of hydrogen-bond donors (Lipinski definition) is 2. The van der Waals surface area contributed by atoms with E-state index in [4.69, 9.17) is 4.74 Å². The molecule has 2 aromatic carbocycles. The van der Waals surface area contributed by atoms with E-state index in [9.17, 15) is 14.4 Å². The molecule has 0 saturated heterocycles. The zero-order valence-corrected chi connectivity index (χ0v) is 14.3. The first-order valence-electron chi connectivity index (χ1n) is 7.81. The molecule has 0 saturated carbocycles. The van der Waals surface area contributed by atoms with Crippen LogP contribution in [0.1, 0.15) is 31.1 Å². The SMILES string of the molecule is CC(=O)Nc1ccc(NC(=O)C(C)Oc2ccc(C(C)=O)cc2)cc1. The Labute approximate surface area is 146 Å². The number of ketones is 1. The van der Waals surface area contributed by atoms with Crippen LogP contribution in [0.25, 0.3) is 0 Å². The van der Waals surface area contributed by atoms with E-state index in [-0.39, 0.29) is 17.6 Å². The zero-order valence-electron chi connectivity index (χ0n) is 14.3. The first kappa shape index (κ1) is 18.2. The zero-order chi connectivity index (χ0) is 18.4. The van der Waals surface area contributed by atoms with E-state index in [1.165, 1.54) is 13.8 Å². The molecule has 1 atom stereocenters. The summed E-state index contributed by atoms with van der Waals surface area (Å²) in [6.45, 7) is 4.56. The van der Waals surface area contributed by atoms with Gasteiger partial charge in [-0.1, -0.05) is 0 Å². The maximum Gasteiger partial charge on any atom is 0.265 e. The predicted octanol–water partition coefficient (Wildman–Crippen LogP) is 3.25. The molecule has 0 spiro atoms. The topological polar surface area (TPSA) is 84.5 Å². The van der Waals surface area contributed by atoms with E-state index in [0.717, 1.165) is 0 Å². The molecule has 0 heterocycles. The number of carbonyl (C=O) groups is 3. The van der Waals surface area contributed by atoms with Crippen molar-refractivity contribution in [3.8, 4) is 5.75 Å². The van der Waals surface area contributed by atoms with Gasteiger partial charge in [0.1, 0.15) is 5.75 Å². The maximum atomic E-state index is 12.2. The number of nitrogens with one attached hydrogen (secondary N) is 2. The van der Waals surface area contributed by atoms with Crippen LogP contribution in [0, 0.1) is 0 Å². The second-order valence-corrected chi connectivity index (χ2v) is 5.59. The number of amides is 2. The molecule has 0 aliphatic carbocycles. The van der Waals surface area contributed by atoms with Gasteiger partial charge in [-0.25, -0.2) is 0 Å². The van der Waals surface area contributed by atoms with Crippen LogP contribution in [0.2, 0.25) is 0 Å². The molecule has 6 heteroatoms. The number of rotatable bonds is 6. The van der Waals surface area contributed by atoms with Crippen molar-refractivity contribution in [2.75, 3.05) is 10.6 Å². The van der Waals surface area contributed by atoms with E-state index >= 15 is 0 Å². The second-order valence-electron chi connectivity index (χ2n) is 5.59. The fourth-order valence-corrected chi connectivity index (χ4v) is 2.11. The summed E-state index contributed by atoms with van der Waals surface area (Å²) < 4.78 is 5.58. The summed E-state index contributed by atoms with van der Waals surface area (Å²) in [6.07, 6.45) is -0.710. The Hall–Kier alpha value is -3.15. The summed E-state index contributed by atoms with van der Waals surface area (Å²) >= 11 is 0. The first-order chi connectivity index (χ1) is 11.8. The molecule has 0 aliphatic heterocycles. The Morgan fingerprint density at radius 2 is 1.36 bits per heavy atom. The van der Waals surface area contributed by atoms with Crippen LogP contribution in [0.3, 0.4) is 0 Å². The van der Waals surface area contributed by atoms with E-state index in [0.29, 0.717) is 22.7 Å². The van der Waals surface area contributed by atoms with Crippen LogP contribution in [-0.2, 0) is 9.59 Å². The van der Waals surface area contributed by atoms with Crippen LogP contribution in [0.4, 0.5) is 11.4 Å². The molecule has 0 aromatic heterocycles. The van der Waals surface area contributed by atoms with Gasteiger partial charge in [-0.3, -0.25) is 14.4 Å². The third-order valence-corrected chi connectivity index (χ3v) is 3.42. The van der Waals surface area contributed by atoms with Crippen molar-refractivity contribution >= 4 is 29.0 Å². The quantitative estimate of drug-likeness (QED) is 0.791. The standard InChI is InChI=1S/C19H20N2O4/c1-12(22)15-4-10-18(11-5-15)25-13(2)19(24)21-17-8-6-16(7-9-17)20-14(3)23/h4-11,13H,1-3H3,(H,20,23)(H,21,24). The van der Waals surface area contributed by atoms with Crippen LogP contribution >= 0.6 is 0 Å². The van der Waals surface area contributed by atoms with E-state index < -0.39 is 6.10 Å². The summed E-state index contributed by atoms with van der Waals surface area (Å²) in [4.78, 5) is 34.4. The minimum Gasteiger partial charge on any atom is -0.481 e. The monoisotopic (exact) mass is 340 g/mol. The van der Waals surface area contributed by atoms with Crippen LogP contribution in [0.5, 0.6) is 5.75 Å². The lowest BCUT2D eigenvalue weighted by Gasteiger charge is -2.15. The van der Waals surface area contributed by atoms with Gasteiger partial charge in [-0.05, 0) is 62.4 Å². The van der Waals surface area contributed by atoms with Crippen molar-refractivity contribution in [1.82, 2.24) is 0 Å². The van der Waals surface area contributed by atoms with Gasteiger partial charge in [0.15, 0.2) is 11.9 Å². The summed E-state index contributed by atoms with van der Waals surface area (Å²) in [5.41, 5.74) is 1.84. The molecule has 1 unspecified atom stereocenters. The summed E-state index contributed by atoms with van der Waals surface area (Å²) in [6, 6.07) is 13.4. The number of hydrogen-bond acceptors (Lipinski definition) is 4. The Kier molecular flexibility index (Phi) is 5.89. The molecule has 0 radical (unpaired) electrons. The van der Waals surface area contributed by atoms with Crippen molar-refractivity contribution in [2.24, 2.45) is 0 Å². The van der Waals surface area contributed by atoms with E-state index in [2.05, 4.69) is 10.6 Å². The van der Waals surface area contributed by atoms with Gasteiger partial charge in [0.2, 0.25) is 5.91 Å². The smallest absolute Gasteiger partial charge is 0.265 e. The van der Waals surface area contributed by atoms with Gasteiger partial charge in [-0.2, -0.15) is 0 Å². The number of benzene rings is 2. The summed E-state index contributed by atoms with van der Waals surface area (Å²) in [7, 11) is 0. The average Bonchev–Trinajstić information content (AvgIpc) is 2.56. The lowest BCUT2D eigenvalue weighted by molar-refractivity contribution is -0.122. The van der Waals surface area contributed by atoms with Gasteiger partial charge < -0.3 is 15.4 Å². The van der Waals surface area contributed by atoms with E-state index in [1.807, 2.05) is 0 Å². The normalized spacial score (nSPS) is 11.3. The molecule has 0 aliphatic rings. The van der Waals surface area contributed by atoms with Gasteiger partial charge in [-0.15, -0.1) is 0 Å². The van der Waals surface area contributed by atoms with Crippen molar-refractivity contribution in [3.05, 3.63) is 54.1 Å². The lowest BCUT2D eigenvalue weighted by Crippen LogP contribution is -2.30. The fourth-order valence-electron chi connectivity index (χ4n) is 2.11. The highest BCUT2D eigenvalue weighted by atomic mass is 16.5. The molecule has 130 valence electrons. The largest absolute Gasteiger partial charge is 0.481 e. The number of Topliss-reactive ketones (excluding diaryl/α,β-unsaturated/α-hetero) is 1. The molecule has 2 N–H and O–H groups in total. The average molecular weight is 340 g/mol. The number of carbonyl (C=O) groups excluding carboxylic acids is 3. The second kappa shape index (κ2) is 8.10. The summed E-state index contributed by atoms with van der Waals surface area (Å²) in [5, 5.41) is 5.39. The minimum atomic E-state index is -0.710. The Morgan fingerprint density at radius 1 is 0.840 bits per heavy atom. The minimum absolute atomic E-state index is 0.0277. The van der Waals surface area contributed by atoms with Gasteiger partial charge >= 0.3 is 0 Å². The Balaban J connectivity index is 1.93. The van der Waals surface area contributed by atoms with Crippen LogP contribution < -0.4 is 15.4 Å². The molecule has 2 aromatic rings. The molecule has 6 nitrogen and oxygen atoms in total. The number of anilines is 2. The van der Waals surface area contributed by atoms with E-state index in [1.54, 1.807) is 55.5 Å². The van der Waals surface area contributed by atoms with Gasteiger partial charge in [0, 0.05) is 23.9 Å². The van der Waals surface area contributed by atoms with Crippen LogP contribution in [0.15, 0.2) is 48.5 Å². The van der Waals surface area contributed by atoms with Gasteiger partial charge in [0.05, 0.1) is 0 Å². The third kappa shape index (κ3) is 5.46. The molecule has 25 heavy (non-hydrogen) atoms. The molecule has 2 rings (SSSR count). The molecule has 0 fully saturated rings. The Morgan fingerprint density at radius 3 is 1.84 bits per heavy atom. The predicted molar refractivity (Wildman–Crippen MR) is 95.9 cm³/mol. The van der Waals surface area contributed by atoms with Crippen molar-refractivity contribution < 1.29 is 19.1 Å². The lowest BCUT2D eigenvalue weighted by atomic mass is 10.1.